The van der Waals surface area contributed by atoms with E-state index in [9.17, 15) is 4.39 Å². The maximum Gasteiger partial charge on any atom is 0.227 e. The Kier molecular flexibility index (Phi) is 3.31. The summed E-state index contributed by atoms with van der Waals surface area (Å²) in [5.41, 5.74) is 6.41. The van der Waals surface area contributed by atoms with E-state index in [-0.39, 0.29) is 5.82 Å². The second-order valence-electron chi connectivity index (χ2n) is 4.40. The normalized spacial score (nSPS) is 10.7. The molecule has 3 nitrogen and oxygen atoms in total. The molecule has 3 rings (SSSR count). The summed E-state index contributed by atoms with van der Waals surface area (Å²) in [5.74, 6) is 0.722. The van der Waals surface area contributed by atoms with Crippen LogP contribution in [0.5, 0.6) is 11.6 Å². The molecule has 3 aromatic rings. The second-order valence-corrected chi connectivity index (χ2v) is 4.40. The van der Waals surface area contributed by atoms with Gasteiger partial charge >= 0.3 is 0 Å². The number of nitrogens with zero attached hydrogens (tertiary/aromatic N) is 1. The van der Waals surface area contributed by atoms with Gasteiger partial charge < -0.3 is 10.5 Å². The molecule has 0 aliphatic heterocycles. The molecule has 0 fully saturated rings. The fourth-order valence-electron chi connectivity index (χ4n) is 2.02. The molecule has 20 heavy (non-hydrogen) atoms. The Bertz CT molecular complexity index is 741. The molecule has 0 saturated heterocycles. The van der Waals surface area contributed by atoms with Crippen LogP contribution in [0.25, 0.3) is 10.8 Å². The molecule has 100 valence electrons. The van der Waals surface area contributed by atoms with E-state index in [1.165, 1.54) is 12.1 Å². The van der Waals surface area contributed by atoms with Crippen molar-refractivity contribution in [2.24, 2.45) is 5.73 Å². The Morgan fingerprint density at radius 1 is 1.05 bits per heavy atom. The molecule has 0 radical (unpaired) electrons. The van der Waals surface area contributed by atoms with Gasteiger partial charge in [0, 0.05) is 11.9 Å². The quantitative estimate of drug-likeness (QED) is 0.789. The fraction of sp³-hybridized carbons (Fsp3) is 0.0625. The lowest BCUT2D eigenvalue weighted by Crippen LogP contribution is -2.01. The molecular weight excluding hydrogens is 255 g/mol. The highest BCUT2D eigenvalue weighted by Gasteiger charge is 2.07. The third-order valence-corrected chi connectivity index (χ3v) is 3.00. The molecule has 1 aromatic heterocycles. The topological polar surface area (TPSA) is 48.1 Å². The van der Waals surface area contributed by atoms with Crippen LogP contribution in [0.3, 0.4) is 0 Å². The van der Waals surface area contributed by atoms with E-state index in [2.05, 4.69) is 4.98 Å². The lowest BCUT2D eigenvalue weighted by molar-refractivity contribution is 0.465. The average molecular weight is 268 g/mol. The first-order chi connectivity index (χ1) is 9.76. The van der Waals surface area contributed by atoms with Gasteiger partial charge in [0.2, 0.25) is 5.88 Å². The van der Waals surface area contributed by atoms with Gasteiger partial charge in [-0.1, -0.05) is 18.2 Å². The lowest BCUT2D eigenvalue weighted by Gasteiger charge is -2.10. The number of pyridine rings is 1. The second kappa shape index (κ2) is 5.27. The van der Waals surface area contributed by atoms with E-state index >= 15 is 0 Å². The number of hydrogen-bond donors (Lipinski definition) is 1. The van der Waals surface area contributed by atoms with E-state index in [4.69, 9.17) is 10.5 Å². The first-order valence-corrected chi connectivity index (χ1v) is 6.28. The molecule has 0 unspecified atom stereocenters. The van der Waals surface area contributed by atoms with Crippen LogP contribution in [-0.2, 0) is 6.54 Å². The van der Waals surface area contributed by atoms with Crippen molar-refractivity contribution < 1.29 is 9.13 Å². The Morgan fingerprint density at radius 2 is 1.80 bits per heavy atom. The van der Waals surface area contributed by atoms with Crippen molar-refractivity contribution in [3.8, 4) is 11.6 Å². The van der Waals surface area contributed by atoms with Crippen molar-refractivity contribution >= 4 is 10.8 Å². The summed E-state index contributed by atoms with van der Waals surface area (Å²) in [6, 6.07) is 15.6. The predicted molar refractivity (Wildman–Crippen MR) is 76.1 cm³/mol. The molecule has 0 bridgehead atoms. The molecule has 0 spiro atoms. The number of hydrogen-bond acceptors (Lipinski definition) is 3. The van der Waals surface area contributed by atoms with E-state index in [0.717, 1.165) is 16.5 Å². The Balaban J connectivity index is 2.07. The highest BCUT2D eigenvalue weighted by molar-refractivity contribution is 5.87. The van der Waals surface area contributed by atoms with Crippen LogP contribution in [0.1, 0.15) is 5.69 Å². The first-order valence-electron chi connectivity index (χ1n) is 6.28. The van der Waals surface area contributed by atoms with E-state index in [0.29, 0.717) is 18.2 Å². The van der Waals surface area contributed by atoms with Crippen molar-refractivity contribution in [2.75, 3.05) is 0 Å². The summed E-state index contributed by atoms with van der Waals surface area (Å²) in [5, 5.41) is 1.91. The van der Waals surface area contributed by atoms with Gasteiger partial charge in [0.05, 0.1) is 5.69 Å². The van der Waals surface area contributed by atoms with Crippen molar-refractivity contribution in [2.45, 2.75) is 6.54 Å². The van der Waals surface area contributed by atoms with E-state index in [1.807, 2.05) is 30.3 Å². The Hall–Kier alpha value is -2.46. The molecular formula is C16H13FN2O. The first kappa shape index (κ1) is 12.6. The minimum Gasteiger partial charge on any atom is -0.438 e. The highest BCUT2D eigenvalue weighted by Crippen LogP contribution is 2.28. The SMILES string of the molecule is NCc1cc2ccccc2c(Oc2ccc(F)cc2)n1. The van der Waals surface area contributed by atoms with E-state index < -0.39 is 0 Å². The number of aromatic nitrogens is 1. The van der Waals surface area contributed by atoms with Crippen LogP contribution >= 0.6 is 0 Å². The maximum absolute atomic E-state index is 12.9. The number of ether oxygens (including phenoxy) is 1. The van der Waals surface area contributed by atoms with E-state index in [1.54, 1.807) is 12.1 Å². The third kappa shape index (κ3) is 2.46. The van der Waals surface area contributed by atoms with Gasteiger partial charge in [0.25, 0.3) is 0 Å². The minimum atomic E-state index is -0.300. The van der Waals surface area contributed by atoms with Crippen molar-refractivity contribution in [3.05, 3.63) is 66.1 Å². The number of nitrogens with two attached hydrogens (primary N) is 1. The van der Waals surface area contributed by atoms with Gasteiger partial charge in [-0.2, -0.15) is 0 Å². The van der Waals surface area contributed by atoms with Crippen molar-refractivity contribution in [1.82, 2.24) is 4.98 Å². The van der Waals surface area contributed by atoms with Crippen molar-refractivity contribution in [1.29, 1.82) is 0 Å². The van der Waals surface area contributed by atoms with Crippen LogP contribution < -0.4 is 10.5 Å². The van der Waals surface area contributed by atoms with Crippen LogP contribution in [-0.4, -0.2) is 4.98 Å². The summed E-state index contributed by atoms with van der Waals surface area (Å²) in [6.07, 6.45) is 0. The molecule has 0 amide bonds. The molecule has 2 aromatic carbocycles. The number of benzene rings is 2. The fourth-order valence-corrected chi connectivity index (χ4v) is 2.02. The van der Waals surface area contributed by atoms with Gasteiger partial charge in [-0.3, -0.25) is 0 Å². The molecule has 0 atom stereocenters. The lowest BCUT2D eigenvalue weighted by atomic mass is 10.1. The highest BCUT2D eigenvalue weighted by atomic mass is 19.1. The molecule has 0 aliphatic carbocycles. The van der Waals surface area contributed by atoms with Gasteiger partial charge in [0.15, 0.2) is 0 Å². The summed E-state index contributed by atoms with van der Waals surface area (Å²) in [6.45, 7) is 0.338. The number of rotatable bonds is 3. The zero-order valence-corrected chi connectivity index (χ0v) is 10.7. The molecule has 1 heterocycles. The van der Waals surface area contributed by atoms with Gasteiger partial charge in [-0.05, 0) is 41.8 Å². The smallest absolute Gasteiger partial charge is 0.227 e. The summed E-state index contributed by atoms with van der Waals surface area (Å²) in [7, 11) is 0. The van der Waals surface area contributed by atoms with Crippen LogP contribution in [0, 0.1) is 5.82 Å². The standard InChI is InChI=1S/C16H13FN2O/c17-12-5-7-14(8-6-12)20-16-15-4-2-1-3-11(15)9-13(10-18)19-16/h1-9H,10,18H2. The minimum absolute atomic E-state index is 0.300. The van der Waals surface area contributed by atoms with Gasteiger partial charge in [0.1, 0.15) is 11.6 Å². The van der Waals surface area contributed by atoms with Crippen LogP contribution in [0.4, 0.5) is 4.39 Å². The molecule has 0 aliphatic rings. The Labute approximate surface area is 115 Å². The zero-order chi connectivity index (χ0) is 13.9. The monoisotopic (exact) mass is 268 g/mol. The number of halogens is 1. The summed E-state index contributed by atoms with van der Waals surface area (Å²) < 4.78 is 18.7. The molecule has 0 saturated carbocycles. The predicted octanol–water partition coefficient (Wildman–Crippen LogP) is 3.62. The van der Waals surface area contributed by atoms with Crippen molar-refractivity contribution in [3.63, 3.8) is 0 Å². The Morgan fingerprint density at radius 3 is 2.55 bits per heavy atom. The van der Waals surface area contributed by atoms with Crippen LogP contribution in [0.15, 0.2) is 54.6 Å². The van der Waals surface area contributed by atoms with Crippen LogP contribution in [0.2, 0.25) is 0 Å². The third-order valence-electron chi connectivity index (χ3n) is 3.00. The largest absolute Gasteiger partial charge is 0.438 e. The number of fused-ring (bicyclic) bond motifs is 1. The van der Waals surface area contributed by atoms with Gasteiger partial charge in [-0.15, -0.1) is 0 Å². The molecule has 2 N–H and O–H groups in total. The molecule has 4 heteroatoms. The summed E-state index contributed by atoms with van der Waals surface area (Å²) >= 11 is 0. The zero-order valence-electron chi connectivity index (χ0n) is 10.7. The maximum atomic E-state index is 12.9. The van der Waals surface area contributed by atoms with Gasteiger partial charge in [-0.25, -0.2) is 9.37 Å². The average Bonchev–Trinajstić information content (AvgIpc) is 2.49. The summed E-state index contributed by atoms with van der Waals surface area (Å²) in [4.78, 5) is 4.40.